The molecular weight excluding hydrogens is 383 g/mol. The second-order valence-electron chi connectivity index (χ2n) is 7.55. The maximum absolute atomic E-state index is 13.7. The Morgan fingerprint density at radius 2 is 2.20 bits per heavy atom. The van der Waals surface area contributed by atoms with Gasteiger partial charge in [0.1, 0.15) is 5.82 Å². The fourth-order valence-electron chi connectivity index (χ4n) is 4.19. The first-order valence-corrected chi connectivity index (χ1v) is 9.87. The predicted octanol–water partition coefficient (Wildman–Crippen LogP) is 3.76. The van der Waals surface area contributed by atoms with E-state index in [2.05, 4.69) is 16.0 Å². The highest BCUT2D eigenvalue weighted by Crippen LogP contribution is 2.33. The van der Waals surface area contributed by atoms with Crippen molar-refractivity contribution in [1.29, 1.82) is 5.26 Å². The van der Waals surface area contributed by atoms with E-state index in [1.807, 2.05) is 24.3 Å². The minimum atomic E-state index is -0.285. The number of benzene rings is 2. The molecule has 0 saturated carbocycles. The Morgan fingerprint density at radius 3 is 2.93 bits per heavy atom. The largest absolute Gasteiger partial charge is 0.341 e. The number of hydrogen-bond acceptors (Lipinski definition) is 3. The molecule has 1 unspecified atom stereocenters. The summed E-state index contributed by atoms with van der Waals surface area (Å²) in [5, 5.41) is 14.5. The fourth-order valence-corrected chi connectivity index (χ4v) is 4.19. The van der Waals surface area contributed by atoms with Gasteiger partial charge >= 0.3 is 6.03 Å². The molecule has 0 spiro atoms. The molecule has 30 heavy (non-hydrogen) atoms. The maximum atomic E-state index is 13.7. The monoisotopic (exact) mass is 406 g/mol. The molecule has 1 N–H and O–H groups in total. The van der Waals surface area contributed by atoms with Crippen LogP contribution in [0, 0.1) is 17.1 Å². The first-order valence-electron chi connectivity index (χ1n) is 9.87. The zero-order chi connectivity index (χ0) is 21.3. The molecule has 0 bridgehead atoms. The molecule has 0 radical (unpaired) electrons. The van der Waals surface area contributed by atoms with Gasteiger partial charge in [0.2, 0.25) is 0 Å². The highest BCUT2D eigenvalue weighted by atomic mass is 19.1. The lowest BCUT2D eigenvalue weighted by Gasteiger charge is -2.26. The van der Waals surface area contributed by atoms with E-state index in [1.54, 1.807) is 19.2 Å². The van der Waals surface area contributed by atoms with Gasteiger partial charge in [-0.2, -0.15) is 5.26 Å². The highest BCUT2D eigenvalue weighted by molar-refractivity contribution is 5.87. The van der Waals surface area contributed by atoms with Gasteiger partial charge in [0.15, 0.2) is 0 Å². The zero-order valence-electron chi connectivity index (χ0n) is 17.0. The third-order valence-corrected chi connectivity index (χ3v) is 5.71. The lowest BCUT2D eigenvalue weighted by Crippen LogP contribution is -2.45. The van der Waals surface area contributed by atoms with Crippen molar-refractivity contribution in [3.8, 4) is 6.07 Å². The summed E-state index contributed by atoms with van der Waals surface area (Å²) in [6.07, 6.45) is 2.24. The van der Waals surface area contributed by atoms with Gasteiger partial charge in [-0.05, 0) is 60.7 Å². The number of nitrogens with zero attached hydrogens (tertiary/aromatic N) is 3. The molecule has 0 fully saturated rings. The van der Waals surface area contributed by atoms with Crippen LogP contribution in [0.15, 0.2) is 42.5 Å². The molecule has 1 heterocycles. The summed E-state index contributed by atoms with van der Waals surface area (Å²) in [6, 6.07) is 14.2. The Hall–Kier alpha value is -3.37. The van der Waals surface area contributed by atoms with Crippen LogP contribution >= 0.6 is 0 Å². The topological polar surface area (TPSA) is 70.3 Å². The number of carbonyl (C=O) groups is 1. The molecule has 3 aromatic rings. The van der Waals surface area contributed by atoms with E-state index in [0.717, 1.165) is 39.9 Å². The van der Waals surface area contributed by atoms with E-state index in [0.29, 0.717) is 18.5 Å². The van der Waals surface area contributed by atoms with Gasteiger partial charge in [0.25, 0.3) is 0 Å². The van der Waals surface area contributed by atoms with E-state index in [9.17, 15) is 14.4 Å². The highest BCUT2D eigenvalue weighted by Gasteiger charge is 2.27. The SMILES string of the molecule is CON(C)C(=O)NC1CCc2c(c3cc(C#N)ccc3n2Cc2cccc(F)c2)C1. The average molecular weight is 406 g/mol. The molecule has 1 aromatic heterocycles. The summed E-state index contributed by atoms with van der Waals surface area (Å²) in [4.78, 5) is 17.2. The fraction of sp³-hybridized carbons (Fsp3) is 0.304. The third-order valence-electron chi connectivity index (χ3n) is 5.71. The minimum absolute atomic E-state index is 0.0263. The van der Waals surface area contributed by atoms with Crippen molar-refractivity contribution in [2.24, 2.45) is 0 Å². The number of nitrogens with one attached hydrogen (secondary N) is 1. The van der Waals surface area contributed by atoms with Gasteiger partial charge in [-0.3, -0.25) is 4.84 Å². The molecule has 1 atom stereocenters. The lowest BCUT2D eigenvalue weighted by molar-refractivity contribution is -0.0656. The Morgan fingerprint density at radius 1 is 1.37 bits per heavy atom. The van der Waals surface area contributed by atoms with Crippen LogP contribution < -0.4 is 5.32 Å². The Kier molecular flexibility index (Phi) is 5.42. The third kappa shape index (κ3) is 3.74. The number of urea groups is 1. The van der Waals surface area contributed by atoms with Crippen LogP contribution in [0.1, 0.15) is 28.8 Å². The number of rotatable bonds is 4. The molecule has 4 rings (SSSR count). The number of carbonyl (C=O) groups excluding carboxylic acids is 1. The molecule has 1 aliphatic carbocycles. The van der Waals surface area contributed by atoms with Crippen LogP contribution in [-0.2, 0) is 24.2 Å². The van der Waals surface area contributed by atoms with Gasteiger partial charge < -0.3 is 9.88 Å². The van der Waals surface area contributed by atoms with Crippen LogP contribution in [-0.4, -0.2) is 35.9 Å². The van der Waals surface area contributed by atoms with Crippen molar-refractivity contribution >= 4 is 16.9 Å². The van der Waals surface area contributed by atoms with Crippen LogP contribution in [0.3, 0.4) is 0 Å². The molecular formula is C23H23FN4O2. The van der Waals surface area contributed by atoms with Crippen molar-refractivity contribution in [3.63, 3.8) is 0 Å². The maximum Gasteiger partial charge on any atom is 0.341 e. The first kappa shape index (κ1) is 19.9. The smallest absolute Gasteiger partial charge is 0.340 e. The summed E-state index contributed by atoms with van der Waals surface area (Å²) >= 11 is 0. The molecule has 1 aliphatic rings. The van der Waals surface area contributed by atoms with E-state index < -0.39 is 0 Å². The number of fused-ring (bicyclic) bond motifs is 3. The predicted molar refractivity (Wildman–Crippen MR) is 111 cm³/mol. The standard InChI is InChI=1S/C23H23FN4O2/c1-27(30-2)23(29)26-18-7-9-22-20(12-18)19-11-15(13-25)6-8-21(19)28(22)14-16-4-3-5-17(24)10-16/h3-6,8,10-11,18H,7,9,12,14H2,1-2H3,(H,26,29). The Balaban J connectivity index is 1.73. The van der Waals surface area contributed by atoms with E-state index in [-0.39, 0.29) is 17.9 Å². The number of hydroxylamine groups is 2. The van der Waals surface area contributed by atoms with Crippen LogP contribution in [0.2, 0.25) is 0 Å². The van der Waals surface area contributed by atoms with E-state index in [1.165, 1.54) is 18.9 Å². The van der Waals surface area contributed by atoms with Crippen LogP contribution in [0.5, 0.6) is 0 Å². The molecule has 154 valence electrons. The number of amides is 2. The Labute approximate surface area is 174 Å². The van der Waals surface area contributed by atoms with E-state index in [4.69, 9.17) is 4.84 Å². The lowest BCUT2D eigenvalue weighted by atomic mass is 9.91. The summed E-state index contributed by atoms with van der Waals surface area (Å²) in [5.41, 5.74) is 4.81. The van der Waals surface area contributed by atoms with Crippen molar-refractivity contribution in [2.45, 2.75) is 31.8 Å². The number of nitriles is 1. The first-order chi connectivity index (χ1) is 14.5. The van der Waals surface area contributed by atoms with Crippen LogP contribution in [0.4, 0.5) is 9.18 Å². The molecule has 0 saturated heterocycles. The van der Waals surface area contributed by atoms with Crippen molar-refractivity contribution in [3.05, 3.63) is 70.7 Å². The number of aromatic nitrogens is 1. The number of halogens is 1. The van der Waals surface area contributed by atoms with Crippen molar-refractivity contribution in [2.75, 3.05) is 14.2 Å². The summed E-state index contributed by atoms with van der Waals surface area (Å²) in [7, 11) is 3.01. The van der Waals surface area contributed by atoms with Crippen molar-refractivity contribution < 1.29 is 14.0 Å². The van der Waals surface area contributed by atoms with Gasteiger partial charge in [-0.15, -0.1) is 0 Å². The molecule has 0 aliphatic heterocycles. The second kappa shape index (κ2) is 8.17. The molecule has 2 amide bonds. The molecule has 7 heteroatoms. The minimum Gasteiger partial charge on any atom is -0.340 e. The van der Waals surface area contributed by atoms with Gasteiger partial charge in [0.05, 0.1) is 18.7 Å². The van der Waals surface area contributed by atoms with Gasteiger partial charge in [0, 0.05) is 36.2 Å². The second-order valence-corrected chi connectivity index (χ2v) is 7.55. The normalized spacial score (nSPS) is 15.5. The van der Waals surface area contributed by atoms with Gasteiger partial charge in [-0.1, -0.05) is 12.1 Å². The van der Waals surface area contributed by atoms with Crippen LogP contribution in [0.25, 0.3) is 10.9 Å². The zero-order valence-corrected chi connectivity index (χ0v) is 17.0. The Bertz CT molecular complexity index is 1150. The summed E-state index contributed by atoms with van der Waals surface area (Å²) in [6.45, 7) is 0.554. The molecule has 6 nitrogen and oxygen atoms in total. The van der Waals surface area contributed by atoms with E-state index >= 15 is 0 Å². The van der Waals surface area contributed by atoms with Crippen molar-refractivity contribution in [1.82, 2.24) is 14.9 Å². The number of hydrogen-bond donors (Lipinski definition) is 1. The molecule has 2 aromatic carbocycles. The summed E-state index contributed by atoms with van der Waals surface area (Å²) < 4.78 is 15.9. The quantitative estimate of drug-likeness (QED) is 0.671. The average Bonchev–Trinajstić information content (AvgIpc) is 3.05. The van der Waals surface area contributed by atoms with Gasteiger partial charge in [-0.25, -0.2) is 14.2 Å². The summed E-state index contributed by atoms with van der Waals surface area (Å²) in [5.74, 6) is -0.255.